The van der Waals surface area contributed by atoms with Gasteiger partial charge in [-0.1, -0.05) is 35.3 Å². The molecule has 0 radical (unpaired) electrons. The average Bonchev–Trinajstić information content (AvgIpc) is 3.01. The van der Waals surface area contributed by atoms with Crippen molar-refractivity contribution in [3.8, 4) is 0 Å². The Kier molecular flexibility index (Phi) is 4.14. The first-order valence-corrected chi connectivity index (χ1v) is 7.87. The van der Waals surface area contributed by atoms with Crippen LogP contribution in [0.1, 0.15) is 16.2 Å². The molecule has 3 rings (SSSR count). The molecule has 1 aromatic carbocycles. The van der Waals surface area contributed by atoms with Crippen LogP contribution in [-0.2, 0) is 6.42 Å². The number of aromatic nitrogens is 2. The number of halogens is 2. The number of fused-ring (bicyclic) bond motifs is 1. The van der Waals surface area contributed by atoms with Gasteiger partial charge in [0.2, 0.25) is 0 Å². The first kappa shape index (κ1) is 14.4. The second-order valence-corrected chi connectivity index (χ2v) is 6.73. The number of thiophene rings is 1. The molecule has 0 saturated carbocycles. The van der Waals surface area contributed by atoms with Crippen molar-refractivity contribution in [1.82, 2.24) is 15.3 Å². The summed E-state index contributed by atoms with van der Waals surface area (Å²) in [6.07, 6.45) is 0.621. The van der Waals surface area contributed by atoms with E-state index in [4.69, 9.17) is 23.2 Å². The topological polar surface area (TPSA) is 57.8 Å². The van der Waals surface area contributed by atoms with Gasteiger partial charge in [-0.2, -0.15) is 0 Å². The Morgan fingerprint density at radius 2 is 2.14 bits per heavy atom. The Hall–Kier alpha value is -1.56. The summed E-state index contributed by atoms with van der Waals surface area (Å²) in [7, 11) is 0. The number of benzene rings is 1. The van der Waals surface area contributed by atoms with Crippen LogP contribution in [0.2, 0.25) is 8.67 Å². The van der Waals surface area contributed by atoms with Crippen LogP contribution in [0, 0.1) is 0 Å². The SMILES string of the molecule is O=C(NCCc1nc2ccccc2[nH]1)c1cc(Cl)sc1Cl. The van der Waals surface area contributed by atoms with Crippen LogP contribution in [0.15, 0.2) is 30.3 Å². The number of rotatable bonds is 4. The molecule has 2 N–H and O–H groups in total. The number of imidazole rings is 1. The maximum atomic E-state index is 12.0. The summed E-state index contributed by atoms with van der Waals surface area (Å²) in [6, 6.07) is 9.38. The van der Waals surface area contributed by atoms with Gasteiger partial charge in [0.1, 0.15) is 10.2 Å². The molecule has 0 aliphatic carbocycles. The standard InChI is InChI=1S/C14H11Cl2N3OS/c15-11-7-8(13(16)21-11)14(20)17-6-5-12-18-9-3-1-2-4-10(9)19-12/h1-4,7H,5-6H2,(H,17,20)(H,18,19). The van der Waals surface area contributed by atoms with Gasteiger partial charge in [-0.15, -0.1) is 11.3 Å². The first-order valence-electron chi connectivity index (χ1n) is 6.30. The Balaban J connectivity index is 1.60. The minimum Gasteiger partial charge on any atom is -0.352 e. The number of amides is 1. The maximum absolute atomic E-state index is 12.0. The highest BCUT2D eigenvalue weighted by molar-refractivity contribution is 7.20. The van der Waals surface area contributed by atoms with Crippen molar-refractivity contribution in [3.63, 3.8) is 0 Å². The molecule has 0 aliphatic rings. The third-order valence-corrected chi connectivity index (χ3v) is 4.47. The Bertz CT molecular complexity index is 763. The van der Waals surface area contributed by atoms with E-state index in [1.807, 2.05) is 24.3 Å². The van der Waals surface area contributed by atoms with Crippen LogP contribution in [0.25, 0.3) is 11.0 Å². The predicted octanol–water partition coefficient (Wildman–Crippen LogP) is 3.90. The predicted molar refractivity (Wildman–Crippen MR) is 86.5 cm³/mol. The number of carbonyl (C=O) groups is 1. The summed E-state index contributed by atoms with van der Waals surface area (Å²) in [6.45, 7) is 0.475. The van der Waals surface area contributed by atoms with Crippen molar-refractivity contribution in [2.24, 2.45) is 0 Å². The molecule has 0 spiro atoms. The van der Waals surface area contributed by atoms with E-state index in [1.54, 1.807) is 6.07 Å². The summed E-state index contributed by atoms with van der Waals surface area (Å²) in [5.41, 5.74) is 2.33. The van der Waals surface area contributed by atoms with Gasteiger partial charge in [0.25, 0.3) is 5.91 Å². The van der Waals surface area contributed by atoms with Gasteiger partial charge in [-0.05, 0) is 18.2 Å². The largest absolute Gasteiger partial charge is 0.352 e. The number of hydrogen-bond donors (Lipinski definition) is 2. The van der Waals surface area contributed by atoms with E-state index in [1.165, 1.54) is 11.3 Å². The molecule has 0 aliphatic heterocycles. The fraction of sp³-hybridized carbons (Fsp3) is 0.143. The maximum Gasteiger partial charge on any atom is 0.253 e. The molecule has 0 bridgehead atoms. The van der Waals surface area contributed by atoms with Crippen LogP contribution < -0.4 is 5.32 Å². The molecule has 4 nitrogen and oxygen atoms in total. The number of nitrogens with zero attached hydrogens (tertiary/aromatic N) is 1. The lowest BCUT2D eigenvalue weighted by Gasteiger charge is -2.02. The number of H-pyrrole nitrogens is 1. The second-order valence-electron chi connectivity index (χ2n) is 4.44. The van der Waals surface area contributed by atoms with Gasteiger partial charge < -0.3 is 10.3 Å². The third-order valence-electron chi connectivity index (χ3n) is 2.99. The van der Waals surface area contributed by atoms with E-state index in [-0.39, 0.29) is 5.91 Å². The number of hydrogen-bond acceptors (Lipinski definition) is 3. The third kappa shape index (κ3) is 3.20. The zero-order valence-corrected chi connectivity index (χ0v) is 13.1. The molecule has 0 atom stereocenters. The molecule has 108 valence electrons. The van der Waals surface area contributed by atoms with Crippen molar-refractivity contribution >= 4 is 51.5 Å². The normalized spacial score (nSPS) is 11.0. The summed E-state index contributed by atoms with van der Waals surface area (Å²) < 4.78 is 0.906. The summed E-state index contributed by atoms with van der Waals surface area (Å²) in [5.74, 6) is 0.616. The molecule has 0 fully saturated rings. The van der Waals surface area contributed by atoms with E-state index in [9.17, 15) is 4.79 Å². The van der Waals surface area contributed by atoms with Crippen molar-refractivity contribution in [2.45, 2.75) is 6.42 Å². The van der Waals surface area contributed by atoms with E-state index in [0.29, 0.717) is 27.2 Å². The Labute approximate surface area is 135 Å². The van der Waals surface area contributed by atoms with Crippen molar-refractivity contribution in [3.05, 3.63) is 50.4 Å². The smallest absolute Gasteiger partial charge is 0.253 e. The van der Waals surface area contributed by atoms with Gasteiger partial charge in [-0.3, -0.25) is 4.79 Å². The number of aromatic amines is 1. The van der Waals surface area contributed by atoms with Crippen LogP contribution in [0.4, 0.5) is 0 Å². The van der Waals surface area contributed by atoms with Gasteiger partial charge in [0, 0.05) is 13.0 Å². The minimum atomic E-state index is -0.223. The van der Waals surface area contributed by atoms with Crippen LogP contribution in [-0.4, -0.2) is 22.4 Å². The molecule has 2 aromatic heterocycles. The van der Waals surface area contributed by atoms with Gasteiger partial charge in [0.15, 0.2) is 0 Å². The highest BCUT2D eigenvalue weighted by Gasteiger charge is 2.13. The molecule has 0 saturated heterocycles. The number of para-hydroxylation sites is 2. The molecule has 7 heteroatoms. The van der Waals surface area contributed by atoms with Crippen LogP contribution in [0.5, 0.6) is 0 Å². The van der Waals surface area contributed by atoms with E-state index < -0.39 is 0 Å². The molecule has 2 heterocycles. The van der Waals surface area contributed by atoms with Crippen LogP contribution >= 0.6 is 34.5 Å². The highest BCUT2D eigenvalue weighted by atomic mass is 35.5. The molecule has 1 amide bonds. The average molecular weight is 340 g/mol. The second kappa shape index (κ2) is 6.05. The zero-order valence-electron chi connectivity index (χ0n) is 10.8. The van der Waals surface area contributed by atoms with Gasteiger partial charge in [-0.25, -0.2) is 4.98 Å². The van der Waals surface area contributed by atoms with Gasteiger partial charge in [0.05, 0.1) is 20.9 Å². The monoisotopic (exact) mass is 339 g/mol. The number of nitrogens with one attached hydrogen (secondary N) is 2. The quantitative estimate of drug-likeness (QED) is 0.757. The lowest BCUT2D eigenvalue weighted by molar-refractivity contribution is 0.0954. The lowest BCUT2D eigenvalue weighted by atomic mass is 10.3. The summed E-state index contributed by atoms with van der Waals surface area (Å²) in [4.78, 5) is 19.6. The van der Waals surface area contributed by atoms with Crippen molar-refractivity contribution < 1.29 is 4.79 Å². The van der Waals surface area contributed by atoms with E-state index in [2.05, 4.69) is 15.3 Å². The first-order chi connectivity index (χ1) is 10.1. The molecule has 21 heavy (non-hydrogen) atoms. The van der Waals surface area contributed by atoms with Gasteiger partial charge >= 0.3 is 0 Å². The van der Waals surface area contributed by atoms with Crippen molar-refractivity contribution in [2.75, 3.05) is 6.54 Å². The van der Waals surface area contributed by atoms with E-state index >= 15 is 0 Å². The summed E-state index contributed by atoms with van der Waals surface area (Å²) in [5, 5.41) is 2.81. The number of carbonyl (C=O) groups excluding carboxylic acids is 1. The molecule has 3 aromatic rings. The fourth-order valence-corrected chi connectivity index (χ4v) is 3.47. The highest BCUT2D eigenvalue weighted by Crippen LogP contribution is 2.30. The summed E-state index contributed by atoms with van der Waals surface area (Å²) >= 11 is 12.9. The van der Waals surface area contributed by atoms with Crippen molar-refractivity contribution in [1.29, 1.82) is 0 Å². The zero-order chi connectivity index (χ0) is 14.8. The Morgan fingerprint density at radius 1 is 1.33 bits per heavy atom. The Morgan fingerprint density at radius 3 is 2.86 bits per heavy atom. The minimum absolute atomic E-state index is 0.223. The molecular weight excluding hydrogens is 329 g/mol. The molecule has 0 unspecified atom stereocenters. The van der Waals surface area contributed by atoms with Crippen LogP contribution in [0.3, 0.4) is 0 Å². The lowest BCUT2D eigenvalue weighted by Crippen LogP contribution is -2.25. The van der Waals surface area contributed by atoms with E-state index in [0.717, 1.165) is 16.9 Å². The molecular formula is C14H11Cl2N3OS. The fourth-order valence-electron chi connectivity index (χ4n) is 2.01.